The van der Waals surface area contributed by atoms with Crippen molar-refractivity contribution < 1.29 is 9.59 Å². The number of unbranched alkanes of at least 4 members (excludes halogenated alkanes) is 2. The monoisotopic (exact) mass is 681 g/mol. The summed E-state index contributed by atoms with van der Waals surface area (Å²) in [4.78, 5) is 35.4. The summed E-state index contributed by atoms with van der Waals surface area (Å²) in [6.07, 6.45) is 18.0. The van der Waals surface area contributed by atoms with Crippen LogP contribution in [0, 0.1) is 18.8 Å². The predicted molar refractivity (Wildman–Crippen MR) is 202 cm³/mol. The van der Waals surface area contributed by atoms with Crippen LogP contribution in [0.3, 0.4) is 0 Å². The van der Waals surface area contributed by atoms with Gasteiger partial charge in [0.15, 0.2) is 0 Å². The third kappa shape index (κ3) is 6.54. The van der Waals surface area contributed by atoms with E-state index in [4.69, 9.17) is 12.6 Å². The van der Waals surface area contributed by atoms with E-state index < -0.39 is 8.07 Å². The number of carbonyl (C=O) groups excluding carboxylic acids is 2. The van der Waals surface area contributed by atoms with E-state index in [2.05, 4.69) is 46.8 Å². The number of hydrogen-bond donors (Lipinski definition) is 1. The maximum Gasteiger partial charge on any atom is 0.262 e. The first-order chi connectivity index (χ1) is 21.7. The largest absolute Gasteiger partial charge is 0.274 e. The molecule has 0 bridgehead atoms. The first-order valence-corrected chi connectivity index (χ1v) is 22.3. The van der Waals surface area contributed by atoms with E-state index in [1.54, 1.807) is 10.4 Å². The van der Waals surface area contributed by atoms with Crippen molar-refractivity contribution in [3.8, 4) is 9.75 Å². The van der Waals surface area contributed by atoms with Gasteiger partial charge < -0.3 is 0 Å². The minimum Gasteiger partial charge on any atom is -0.274 e. The molecule has 2 aromatic rings. The van der Waals surface area contributed by atoms with Crippen molar-refractivity contribution in [1.29, 1.82) is 0 Å². The van der Waals surface area contributed by atoms with Crippen molar-refractivity contribution in [1.82, 2.24) is 4.90 Å². The number of likely N-dealkylation sites (tertiary alicyclic amines) is 1. The Hall–Kier alpha value is -1.41. The van der Waals surface area contributed by atoms with Crippen molar-refractivity contribution in [2.45, 2.75) is 137 Å². The number of fused-ring (bicyclic) bond motifs is 3. The summed E-state index contributed by atoms with van der Waals surface area (Å²) in [5, 5.41) is 3.34. The van der Waals surface area contributed by atoms with Crippen LogP contribution in [-0.4, -0.2) is 31.3 Å². The van der Waals surface area contributed by atoms with E-state index in [0.717, 1.165) is 42.0 Å². The highest BCUT2D eigenvalue weighted by Crippen LogP contribution is 2.51. The zero-order valence-electron chi connectivity index (χ0n) is 28.6. The van der Waals surface area contributed by atoms with Crippen molar-refractivity contribution >= 4 is 70.5 Å². The van der Waals surface area contributed by atoms with Gasteiger partial charge >= 0.3 is 0 Å². The summed E-state index contributed by atoms with van der Waals surface area (Å²) in [5.74, 6) is 0.791. The quantitative estimate of drug-likeness (QED) is 0.0933. The molecule has 3 aliphatic rings. The summed E-state index contributed by atoms with van der Waals surface area (Å²) < 4.78 is 0. The van der Waals surface area contributed by atoms with Crippen LogP contribution >= 0.6 is 35.3 Å². The average molecular weight is 682 g/mol. The molecule has 7 heteroatoms. The number of allylic oxidation sites excluding steroid dienone is 1. The Morgan fingerprint density at radius 2 is 1.56 bits per heavy atom. The van der Waals surface area contributed by atoms with Gasteiger partial charge in [0.05, 0.1) is 5.57 Å². The third-order valence-corrected chi connectivity index (χ3v) is 20.4. The van der Waals surface area contributed by atoms with Gasteiger partial charge in [0.2, 0.25) is 0 Å². The highest BCUT2D eigenvalue weighted by molar-refractivity contribution is 7.91. The zero-order chi connectivity index (χ0) is 32.3. The Bertz CT molecular complexity index is 1440. The van der Waals surface area contributed by atoms with Crippen LogP contribution < -0.4 is 10.4 Å². The first-order valence-electron chi connectivity index (χ1n) is 18.0. The molecule has 45 heavy (non-hydrogen) atoms. The normalized spacial score (nSPS) is 23.6. The number of carbonyl (C=O) groups is 2. The van der Waals surface area contributed by atoms with Gasteiger partial charge in [-0.3, -0.25) is 14.5 Å². The van der Waals surface area contributed by atoms with Gasteiger partial charge in [0.1, 0.15) is 8.07 Å². The SMILES string of the molecule is CC=C1C(=O)N(CC(CC)CCCC)C(=O)/C1=C(/S)c1cc2c(s1)-c1sc(C)cc1[Si]2(CC(CC)CCCC)C1CCCCC1. The van der Waals surface area contributed by atoms with E-state index >= 15 is 0 Å². The molecule has 0 aromatic carbocycles. The fourth-order valence-corrected chi connectivity index (χ4v) is 19.5. The maximum atomic E-state index is 14.0. The molecule has 4 heterocycles. The third-order valence-electron chi connectivity index (χ3n) is 11.2. The van der Waals surface area contributed by atoms with Crippen molar-refractivity contribution in [2.24, 2.45) is 11.8 Å². The maximum absolute atomic E-state index is 14.0. The van der Waals surface area contributed by atoms with Gasteiger partial charge in [-0.25, -0.2) is 0 Å². The van der Waals surface area contributed by atoms with E-state index in [9.17, 15) is 9.59 Å². The Labute approximate surface area is 287 Å². The minimum atomic E-state index is -2.07. The number of thiophene rings is 2. The Balaban J connectivity index is 1.61. The number of amides is 2. The van der Waals surface area contributed by atoms with Crippen LogP contribution in [0.4, 0.5) is 0 Å². The molecule has 1 saturated heterocycles. The first kappa shape index (κ1) is 34.9. The molecule has 0 spiro atoms. The zero-order valence-corrected chi connectivity index (χ0v) is 32.1. The highest BCUT2D eigenvalue weighted by atomic mass is 32.1. The van der Waals surface area contributed by atoms with Gasteiger partial charge in [0.25, 0.3) is 11.8 Å². The van der Waals surface area contributed by atoms with Crippen LogP contribution in [0.2, 0.25) is 11.6 Å². The van der Waals surface area contributed by atoms with Crippen molar-refractivity contribution in [3.63, 3.8) is 0 Å². The van der Waals surface area contributed by atoms with E-state index in [-0.39, 0.29) is 11.8 Å². The second kappa shape index (κ2) is 15.2. The molecule has 1 saturated carbocycles. The molecule has 2 aliphatic heterocycles. The number of imide groups is 1. The number of rotatable bonds is 14. The molecular weight excluding hydrogens is 627 g/mol. The Kier molecular flexibility index (Phi) is 11.8. The van der Waals surface area contributed by atoms with Crippen LogP contribution in [0.15, 0.2) is 29.4 Å². The number of thiol groups is 1. The predicted octanol–water partition coefficient (Wildman–Crippen LogP) is 10.4. The van der Waals surface area contributed by atoms with Gasteiger partial charge in [-0.15, -0.1) is 35.3 Å². The van der Waals surface area contributed by atoms with Crippen LogP contribution in [-0.2, 0) is 9.59 Å². The topological polar surface area (TPSA) is 37.4 Å². The second-order valence-corrected chi connectivity index (χ2v) is 20.9. The fraction of sp³-hybridized carbons (Fsp3) is 0.632. The van der Waals surface area contributed by atoms with Crippen LogP contribution in [0.1, 0.15) is 128 Å². The lowest BCUT2D eigenvalue weighted by Gasteiger charge is -2.41. The summed E-state index contributed by atoms with van der Waals surface area (Å²) >= 11 is 8.95. The lowest BCUT2D eigenvalue weighted by atomic mass is 9.99. The number of nitrogens with zero attached hydrogens (tertiary/aromatic N) is 1. The van der Waals surface area contributed by atoms with E-state index in [1.807, 2.05) is 35.7 Å². The van der Waals surface area contributed by atoms with Gasteiger partial charge in [0, 0.05) is 36.5 Å². The number of hydrogen-bond acceptors (Lipinski definition) is 5. The van der Waals surface area contributed by atoms with Gasteiger partial charge in [-0.05, 0) is 66.2 Å². The molecule has 3 nitrogen and oxygen atoms in total. The Morgan fingerprint density at radius 3 is 2.18 bits per heavy atom. The van der Waals surface area contributed by atoms with E-state index in [1.165, 1.54) is 83.4 Å². The second-order valence-electron chi connectivity index (χ2n) is 13.9. The van der Waals surface area contributed by atoms with Crippen molar-refractivity contribution in [3.05, 3.63) is 39.1 Å². The molecule has 1 aliphatic carbocycles. The smallest absolute Gasteiger partial charge is 0.262 e. The summed E-state index contributed by atoms with van der Waals surface area (Å²) in [5.41, 5.74) is 1.82. The standard InChI is InChI=1S/C38H55NO2S3Si/c1-7-12-17-26(9-3)23-39-37(40)29(11-5)33(38(39)41)34(42)30-22-32-36(44-30)35-31(21-25(6)43-35)45(32,28-19-15-14-16-20-28)24-27(10-4)18-13-8-2/h11,21-22,26-28,42H,7-10,12-20,23-24H2,1-6H3/b29-11?,34-33+. The molecule has 0 radical (unpaired) electrons. The molecule has 2 fully saturated rings. The molecule has 3 unspecified atom stereocenters. The van der Waals surface area contributed by atoms with Crippen molar-refractivity contribution in [2.75, 3.05) is 6.54 Å². The number of aryl methyl sites for hydroxylation is 1. The molecule has 2 amide bonds. The summed E-state index contributed by atoms with van der Waals surface area (Å²) in [6.45, 7) is 13.8. The van der Waals surface area contributed by atoms with Crippen LogP contribution in [0.5, 0.6) is 0 Å². The average Bonchev–Trinajstić information content (AvgIpc) is 3.77. The lowest BCUT2D eigenvalue weighted by Crippen LogP contribution is -2.59. The molecule has 2 aromatic heterocycles. The minimum absolute atomic E-state index is 0.146. The van der Waals surface area contributed by atoms with E-state index in [0.29, 0.717) is 28.5 Å². The summed E-state index contributed by atoms with van der Waals surface area (Å²) in [7, 11) is -2.07. The molecule has 0 N–H and O–H groups in total. The lowest BCUT2D eigenvalue weighted by molar-refractivity contribution is -0.137. The van der Waals surface area contributed by atoms with Gasteiger partial charge in [-0.2, -0.15) is 0 Å². The fourth-order valence-electron chi connectivity index (χ4n) is 8.54. The highest BCUT2D eigenvalue weighted by Gasteiger charge is 2.53. The molecule has 246 valence electrons. The molecule has 3 atom stereocenters. The molecular formula is C38H55NO2S3Si. The Morgan fingerprint density at radius 1 is 0.933 bits per heavy atom. The molecule has 5 rings (SSSR count). The van der Waals surface area contributed by atoms with Crippen LogP contribution in [0.25, 0.3) is 14.7 Å². The summed E-state index contributed by atoms with van der Waals surface area (Å²) in [6, 6.07) is 6.40. The van der Waals surface area contributed by atoms with Gasteiger partial charge in [-0.1, -0.05) is 111 Å².